The average molecular weight is 504 g/mol. The Morgan fingerprint density at radius 3 is 2.49 bits per heavy atom. The van der Waals surface area contributed by atoms with Crippen LogP contribution in [0.15, 0.2) is 73.3 Å². The molecular formula is C26H24ClF3N4O. The molecule has 0 saturated carbocycles. The van der Waals surface area contributed by atoms with Gasteiger partial charge < -0.3 is 5.11 Å². The molecule has 0 unspecified atom stereocenters. The van der Waals surface area contributed by atoms with Gasteiger partial charge in [0.2, 0.25) is 0 Å². The Bertz CT molecular complexity index is 1400. The maximum atomic E-state index is 14.9. The minimum absolute atomic E-state index is 0.163. The normalized spacial score (nSPS) is 15.8. The van der Waals surface area contributed by atoms with Gasteiger partial charge in [0, 0.05) is 38.9 Å². The largest absolute Gasteiger partial charge is 0.381 e. The number of hydrogen-bond acceptors (Lipinski definition) is 4. The van der Waals surface area contributed by atoms with Gasteiger partial charge in [0.05, 0.1) is 6.54 Å². The molecule has 0 bridgehead atoms. The fraction of sp³-hybridized carbons (Fsp3) is 0.231. The number of rotatable bonds is 8. The van der Waals surface area contributed by atoms with Crippen LogP contribution in [0.25, 0.3) is 11.1 Å². The average Bonchev–Trinajstić information content (AvgIpc) is 3.34. The Kier molecular flexibility index (Phi) is 6.15. The van der Waals surface area contributed by atoms with Crippen molar-refractivity contribution in [3.8, 4) is 11.1 Å². The minimum Gasteiger partial charge on any atom is -0.381 e. The van der Waals surface area contributed by atoms with E-state index in [1.165, 1.54) is 30.3 Å². The van der Waals surface area contributed by atoms with E-state index >= 15 is 0 Å². The summed E-state index contributed by atoms with van der Waals surface area (Å²) >= 11 is 5.83. The first-order valence-corrected chi connectivity index (χ1v) is 11.1. The first-order chi connectivity index (χ1) is 17.9. The van der Waals surface area contributed by atoms with E-state index in [9.17, 15) is 18.3 Å². The van der Waals surface area contributed by atoms with Crippen molar-refractivity contribution in [3.05, 3.63) is 107 Å². The van der Waals surface area contributed by atoms with Gasteiger partial charge in [0.1, 0.15) is 35.7 Å². The predicted molar refractivity (Wildman–Crippen MR) is 128 cm³/mol. The molecule has 0 aliphatic heterocycles. The molecule has 0 spiro atoms. The first-order valence-electron chi connectivity index (χ1n) is 12.2. The van der Waals surface area contributed by atoms with Crippen molar-refractivity contribution in [2.75, 3.05) is 6.98 Å². The summed E-state index contributed by atoms with van der Waals surface area (Å²) in [6.45, 7) is -1.78. The van der Waals surface area contributed by atoms with Gasteiger partial charge in [-0.1, -0.05) is 41.9 Å². The van der Waals surface area contributed by atoms with Gasteiger partial charge in [0.25, 0.3) is 0 Å². The third-order valence-electron chi connectivity index (χ3n) is 5.97. The zero-order valence-corrected chi connectivity index (χ0v) is 19.4. The monoisotopic (exact) mass is 503 g/mol. The van der Waals surface area contributed by atoms with Crippen molar-refractivity contribution in [3.63, 3.8) is 0 Å². The van der Waals surface area contributed by atoms with Crippen molar-refractivity contribution < 1.29 is 22.4 Å². The molecule has 1 heterocycles. The van der Waals surface area contributed by atoms with E-state index in [0.717, 1.165) is 17.0 Å². The van der Waals surface area contributed by atoms with Crippen molar-refractivity contribution in [2.45, 2.75) is 31.7 Å². The van der Waals surface area contributed by atoms with E-state index < -0.39 is 36.1 Å². The highest BCUT2D eigenvalue weighted by Gasteiger charge is 2.41. The second kappa shape index (κ2) is 10.2. The van der Waals surface area contributed by atoms with Crippen LogP contribution in [0.3, 0.4) is 0 Å². The molecule has 0 radical (unpaired) electrons. The molecule has 3 aromatic carbocycles. The molecule has 0 aliphatic rings. The number of hydrogen-bond donors (Lipinski definition) is 1. The molecule has 0 amide bonds. The Labute approximate surface area is 210 Å². The highest BCUT2D eigenvalue weighted by atomic mass is 35.5. The van der Waals surface area contributed by atoms with Gasteiger partial charge in [-0.15, -0.1) is 0 Å². The molecule has 9 heteroatoms. The molecule has 35 heavy (non-hydrogen) atoms. The van der Waals surface area contributed by atoms with E-state index in [-0.39, 0.29) is 23.7 Å². The molecule has 5 nitrogen and oxygen atoms in total. The van der Waals surface area contributed by atoms with Crippen molar-refractivity contribution >= 4 is 11.6 Å². The summed E-state index contributed by atoms with van der Waals surface area (Å²) in [7, 11) is 0. The number of halogens is 4. The summed E-state index contributed by atoms with van der Waals surface area (Å²) in [5.41, 5.74) is -0.992. The fourth-order valence-corrected chi connectivity index (χ4v) is 4.11. The summed E-state index contributed by atoms with van der Waals surface area (Å²) in [6.07, 6.45) is 2.52. The van der Waals surface area contributed by atoms with Crippen LogP contribution in [0, 0.1) is 17.5 Å². The molecule has 2 atom stereocenters. The smallest absolute Gasteiger partial charge is 0.137 e. The lowest BCUT2D eigenvalue weighted by atomic mass is 9.85. The van der Waals surface area contributed by atoms with E-state index in [2.05, 4.69) is 10.1 Å². The van der Waals surface area contributed by atoms with Crippen LogP contribution in [-0.2, 0) is 18.7 Å². The summed E-state index contributed by atoms with van der Waals surface area (Å²) in [4.78, 5) is 4.88. The van der Waals surface area contributed by atoms with Gasteiger partial charge in [-0.25, -0.2) is 22.8 Å². The number of benzene rings is 3. The lowest BCUT2D eigenvalue weighted by Gasteiger charge is -2.40. The Morgan fingerprint density at radius 2 is 1.86 bits per heavy atom. The maximum absolute atomic E-state index is 14.9. The van der Waals surface area contributed by atoms with E-state index in [4.69, 9.17) is 15.7 Å². The van der Waals surface area contributed by atoms with Crippen LogP contribution < -0.4 is 0 Å². The van der Waals surface area contributed by atoms with Crippen molar-refractivity contribution in [1.82, 2.24) is 19.7 Å². The molecule has 4 rings (SSSR count). The summed E-state index contributed by atoms with van der Waals surface area (Å²) < 4.78 is 68.7. The predicted octanol–water partition coefficient (Wildman–Crippen LogP) is 5.42. The van der Waals surface area contributed by atoms with Gasteiger partial charge in [-0.05, 0) is 49.3 Å². The Morgan fingerprint density at radius 1 is 1.09 bits per heavy atom. The molecule has 1 aromatic heterocycles. The SMILES string of the molecule is [2H]C([2H])([2H])N(Cc1ccc(-c2ccc(Cl)cc2F)cc1)[C@H](C)[C@](O)(Cn1cncn1)c1ccc(F)cc1F. The van der Waals surface area contributed by atoms with Crippen molar-refractivity contribution in [1.29, 1.82) is 0 Å². The topological polar surface area (TPSA) is 54.2 Å². The van der Waals surface area contributed by atoms with Gasteiger partial charge in [-0.2, -0.15) is 5.10 Å². The van der Waals surface area contributed by atoms with Crippen LogP contribution >= 0.6 is 11.6 Å². The second-order valence-corrected chi connectivity index (χ2v) is 8.70. The lowest BCUT2D eigenvalue weighted by Crippen LogP contribution is -2.50. The molecule has 4 aromatic rings. The van der Waals surface area contributed by atoms with E-state index in [1.54, 1.807) is 36.4 Å². The van der Waals surface area contributed by atoms with Crippen LogP contribution in [0.4, 0.5) is 13.2 Å². The van der Waals surface area contributed by atoms with Gasteiger partial charge in [0.15, 0.2) is 0 Å². The number of aromatic nitrogens is 3. The Balaban J connectivity index is 1.69. The third-order valence-corrected chi connectivity index (χ3v) is 6.21. The van der Waals surface area contributed by atoms with Gasteiger partial charge >= 0.3 is 0 Å². The van der Waals surface area contributed by atoms with Crippen molar-refractivity contribution in [2.24, 2.45) is 0 Å². The molecule has 182 valence electrons. The molecule has 0 saturated heterocycles. The highest BCUT2D eigenvalue weighted by molar-refractivity contribution is 6.30. The number of likely N-dealkylation sites (N-methyl/N-ethyl adjacent to an activating group) is 1. The zero-order chi connectivity index (χ0) is 27.7. The molecular weight excluding hydrogens is 477 g/mol. The van der Waals surface area contributed by atoms with Crippen LogP contribution in [-0.4, -0.2) is 37.8 Å². The fourth-order valence-electron chi connectivity index (χ4n) is 3.95. The standard InChI is InChI=1S/C26H24ClF3N4O/c1-17(26(35,14-34-16-31-15-32-34)23-10-8-21(28)12-25(23)30)33(2)13-18-3-5-19(6-4-18)22-9-7-20(27)11-24(22)29/h3-12,15-17,35H,13-14H2,1-2H3/t17-,26-/m1/s1/i2D3. The lowest BCUT2D eigenvalue weighted by molar-refractivity contribution is -0.0591. The van der Waals surface area contributed by atoms with E-state index in [0.29, 0.717) is 22.8 Å². The number of nitrogens with zero attached hydrogens (tertiary/aromatic N) is 4. The summed E-state index contributed by atoms with van der Waals surface area (Å²) in [6, 6.07) is 12.4. The second-order valence-electron chi connectivity index (χ2n) is 8.27. The zero-order valence-electron chi connectivity index (χ0n) is 21.7. The van der Waals surface area contributed by atoms with Crippen LogP contribution in [0.2, 0.25) is 5.02 Å². The molecule has 0 fully saturated rings. The minimum atomic E-state index is -2.72. The first kappa shape index (κ1) is 21.1. The maximum Gasteiger partial charge on any atom is 0.137 e. The molecule has 1 N–H and O–H groups in total. The van der Waals surface area contributed by atoms with Crippen LogP contribution in [0.1, 0.15) is 22.2 Å². The molecule has 0 aliphatic carbocycles. The number of aliphatic hydroxyl groups is 1. The quantitative estimate of drug-likeness (QED) is 0.348. The van der Waals surface area contributed by atoms with E-state index in [1.807, 2.05) is 0 Å². The summed E-state index contributed by atoms with van der Waals surface area (Å²) in [5, 5.41) is 16.1. The Hall–Kier alpha value is -3.20. The third kappa shape index (κ3) is 5.40. The van der Waals surface area contributed by atoms with Gasteiger partial charge in [-0.3, -0.25) is 4.90 Å². The highest BCUT2D eigenvalue weighted by Crippen LogP contribution is 2.33. The van der Waals surface area contributed by atoms with Crippen LogP contribution in [0.5, 0.6) is 0 Å². The summed E-state index contributed by atoms with van der Waals surface area (Å²) in [5.74, 6) is -2.37.